The molecule has 5 atom stereocenters. The van der Waals surface area contributed by atoms with Crippen LogP contribution in [0.4, 0.5) is 4.79 Å². The lowest BCUT2D eigenvalue weighted by atomic mass is 9.80. The van der Waals surface area contributed by atoms with Gasteiger partial charge in [-0.3, -0.25) is 14.5 Å². The van der Waals surface area contributed by atoms with Crippen molar-refractivity contribution in [3.63, 3.8) is 0 Å². The van der Waals surface area contributed by atoms with Crippen LogP contribution in [0.3, 0.4) is 0 Å². The molecule has 1 aliphatic heterocycles. The van der Waals surface area contributed by atoms with E-state index >= 15 is 0 Å². The van der Waals surface area contributed by atoms with Crippen LogP contribution >= 0.6 is 11.3 Å². The number of carboxylic acid groups (broad SMARTS) is 1. The minimum absolute atomic E-state index is 0.00601. The van der Waals surface area contributed by atoms with Gasteiger partial charge in [-0.05, 0) is 52.1 Å². The number of carbonyl (C=O) groups is 4. The Bertz CT molecular complexity index is 1010. The quantitative estimate of drug-likeness (QED) is 0.334. The van der Waals surface area contributed by atoms with Gasteiger partial charge >= 0.3 is 12.1 Å². The summed E-state index contributed by atoms with van der Waals surface area (Å²) in [6.07, 6.45) is 1.46. The number of aromatic carboxylic acids is 1. The predicted octanol–water partition coefficient (Wildman–Crippen LogP) is 4.61. The molecule has 2 heterocycles. The van der Waals surface area contributed by atoms with Crippen molar-refractivity contribution < 1.29 is 29.0 Å². The molecular weight excluding hydrogens is 520 g/mol. The molecule has 0 spiro atoms. The van der Waals surface area contributed by atoms with E-state index < -0.39 is 29.6 Å². The number of hydrogen-bond donors (Lipinski definition) is 2. The molecule has 0 unspecified atom stereocenters. The van der Waals surface area contributed by atoms with Gasteiger partial charge in [0, 0.05) is 43.8 Å². The van der Waals surface area contributed by atoms with Crippen LogP contribution in [0.5, 0.6) is 0 Å². The lowest BCUT2D eigenvalue weighted by Gasteiger charge is -2.38. The summed E-state index contributed by atoms with van der Waals surface area (Å²) in [4.78, 5) is 59.3. The Hall–Kier alpha value is -2.53. The van der Waals surface area contributed by atoms with Crippen molar-refractivity contribution in [1.29, 1.82) is 0 Å². The Morgan fingerprint density at radius 2 is 1.92 bits per heavy atom. The molecule has 0 saturated carbocycles. The lowest BCUT2D eigenvalue weighted by molar-refractivity contribution is -0.143. The highest BCUT2D eigenvalue weighted by atomic mass is 32.1. The molecule has 0 aliphatic carbocycles. The number of carboxylic acids is 1. The van der Waals surface area contributed by atoms with E-state index in [2.05, 4.69) is 15.2 Å². The first kappa shape index (κ1) is 32.7. The predicted molar refractivity (Wildman–Crippen MR) is 151 cm³/mol. The summed E-state index contributed by atoms with van der Waals surface area (Å²) in [5.74, 6) is -1.65. The number of nitrogens with zero attached hydrogens (tertiary/aromatic N) is 3. The molecule has 0 radical (unpaired) electrons. The maximum absolute atomic E-state index is 14.0. The molecule has 1 aromatic rings. The maximum Gasteiger partial charge on any atom is 0.407 e. The average molecular weight is 567 g/mol. The fraction of sp³-hybridized carbons (Fsp3) is 0.750. The highest BCUT2D eigenvalue weighted by molar-refractivity contribution is 7.09. The fourth-order valence-electron chi connectivity index (χ4n) is 5.26. The van der Waals surface area contributed by atoms with E-state index in [0.29, 0.717) is 11.6 Å². The van der Waals surface area contributed by atoms with Crippen molar-refractivity contribution in [1.82, 2.24) is 20.1 Å². The molecule has 2 N–H and O–H groups in total. The van der Waals surface area contributed by atoms with Crippen LogP contribution in [-0.4, -0.2) is 82.4 Å². The summed E-state index contributed by atoms with van der Waals surface area (Å²) in [5, 5.41) is 13.7. The number of ketones is 1. The van der Waals surface area contributed by atoms with Gasteiger partial charge < -0.3 is 20.1 Å². The third-order valence-electron chi connectivity index (χ3n) is 8.31. The first-order chi connectivity index (χ1) is 18.3. The van der Waals surface area contributed by atoms with Gasteiger partial charge in [-0.1, -0.05) is 34.1 Å². The summed E-state index contributed by atoms with van der Waals surface area (Å²) >= 11 is 1.11. The van der Waals surface area contributed by atoms with Crippen molar-refractivity contribution >= 4 is 35.1 Å². The summed E-state index contributed by atoms with van der Waals surface area (Å²) < 4.78 is 5.67. The second kappa shape index (κ2) is 14.2. The van der Waals surface area contributed by atoms with Crippen molar-refractivity contribution in [2.75, 3.05) is 27.2 Å². The number of carbonyl (C=O) groups excluding carboxylic acids is 3. The minimum Gasteiger partial charge on any atom is -0.476 e. The number of likely N-dealkylation sites (N-methyl/N-ethyl adjacent to an activating group) is 1. The molecule has 1 aliphatic rings. The molecular formula is C28H46N4O6S. The normalized spacial score (nSPS) is 20.7. The van der Waals surface area contributed by atoms with E-state index in [1.54, 1.807) is 18.9 Å². The fourth-order valence-corrected chi connectivity index (χ4v) is 6.09. The summed E-state index contributed by atoms with van der Waals surface area (Å²) in [7, 11) is 3.71. The highest BCUT2D eigenvalue weighted by Crippen LogP contribution is 2.35. The molecule has 39 heavy (non-hydrogen) atoms. The SMILES string of the molecule is CCNC(=O)O[C@H](C[C@H](C(C)C)N(C)C(=O)[C@@H](CC(=O)[C@@]1(C)CCCN1C)[C@@H](C)CC)c1nc(C(=O)O)cs1. The molecule has 1 fully saturated rings. The Balaban J connectivity index is 2.33. The molecule has 1 saturated heterocycles. The standard InChI is InChI=1S/C28H46N4O6S/c1-9-18(5)19(14-23(33)28(6)12-11-13-31(28)7)25(34)32(8)21(17(3)4)15-22(38-27(37)29-10-2)24-30-20(16-39-24)26(35)36/h16-19,21-22H,9-15H2,1-8H3,(H,29,37)(H,35,36)/t18-,19-,21+,22+,28+/m0/s1. The zero-order valence-electron chi connectivity index (χ0n) is 24.7. The summed E-state index contributed by atoms with van der Waals surface area (Å²) in [5.41, 5.74) is -0.675. The summed E-state index contributed by atoms with van der Waals surface area (Å²) in [6.45, 7) is 13.0. The Morgan fingerprint density at radius 3 is 2.41 bits per heavy atom. The number of likely N-dealkylation sites (tertiary alicyclic amines) is 1. The van der Waals surface area contributed by atoms with Crippen LogP contribution in [0.15, 0.2) is 5.38 Å². The van der Waals surface area contributed by atoms with Crippen molar-refractivity contribution in [3.8, 4) is 0 Å². The van der Waals surface area contributed by atoms with Crippen LogP contribution in [0.2, 0.25) is 0 Å². The number of alkyl carbamates (subject to hydrolysis) is 1. The number of ether oxygens (including phenoxy) is 1. The number of aromatic nitrogens is 1. The number of rotatable bonds is 14. The van der Waals surface area contributed by atoms with Crippen LogP contribution in [-0.2, 0) is 14.3 Å². The van der Waals surface area contributed by atoms with Crippen LogP contribution in [0.1, 0.15) is 95.2 Å². The van der Waals surface area contributed by atoms with Gasteiger partial charge in [-0.25, -0.2) is 14.6 Å². The molecule has 2 amide bonds. The molecule has 0 bridgehead atoms. The van der Waals surface area contributed by atoms with Gasteiger partial charge in [0.15, 0.2) is 17.6 Å². The molecule has 1 aromatic heterocycles. The second-order valence-electron chi connectivity index (χ2n) is 11.2. The van der Waals surface area contributed by atoms with E-state index in [1.807, 2.05) is 41.7 Å². The lowest BCUT2D eigenvalue weighted by Crippen LogP contribution is -2.50. The molecule has 2 rings (SSSR count). The van der Waals surface area contributed by atoms with E-state index in [0.717, 1.165) is 37.1 Å². The van der Waals surface area contributed by atoms with Crippen molar-refractivity contribution in [2.24, 2.45) is 17.8 Å². The van der Waals surface area contributed by atoms with Gasteiger partial charge in [0.2, 0.25) is 5.91 Å². The zero-order chi connectivity index (χ0) is 29.5. The van der Waals surface area contributed by atoms with E-state index in [1.165, 1.54) is 5.38 Å². The number of thiazole rings is 1. The Kier molecular flexibility index (Phi) is 11.9. The van der Waals surface area contributed by atoms with Gasteiger partial charge in [0.25, 0.3) is 0 Å². The van der Waals surface area contributed by atoms with Gasteiger partial charge in [0.1, 0.15) is 5.01 Å². The number of Topliss-reactive ketones (excluding diaryl/α,β-unsaturated/α-hetero) is 1. The van der Waals surface area contributed by atoms with Crippen LogP contribution in [0, 0.1) is 17.8 Å². The second-order valence-corrected chi connectivity index (χ2v) is 12.1. The topological polar surface area (TPSA) is 129 Å². The zero-order valence-corrected chi connectivity index (χ0v) is 25.5. The van der Waals surface area contributed by atoms with Gasteiger partial charge in [0.05, 0.1) is 5.54 Å². The third-order valence-corrected chi connectivity index (χ3v) is 9.25. The average Bonchev–Trinajstić information content (AvgIpc) is 3.51. The molecule has 10 nitrogen and oxygen atoms in total. The number of amides is 2. The van der Waals surface area contributed by atoms with E-state index in [-0.39, 0.29) is 48.1 Å². The maximum atomic E-state index is 14.0. The summed E-state index contributed by atoms with van der Waals surface area (Å²) in [6, 6.07) is -0.347. The molecule has 11 heteroatoms. The Morgan fingerprint density at radius 1 is 1.26 bits per heavy atom. The van der Waals surface area contributed by atoms with Crippen LogP contribution < -0.4 is 5.32 Å². The number of nitrogens with one attached hydrogen (secondary N) is 1. The first-order valence-electron chi connectivity index (χ1n) is 13.9. The van der Waals surface area contributed by atoms with Gasteiger partial charge in [-0.2, -0.15) is 0 Å². The van der Waals surface area contributed by atoms with Crippen LogP contribution in [0.25, 0.3) is 0 Å². The third kappa shape index (κ3) is 8.00. The molecule has 220 valence electrons. The minimum atomic E-state index is -1.16. The Labute approximate surface area is 236 Å². The highest BCUT2D eigenvalue weighted by Gasteiger charge is 2.43. The van der Waals surface area contributed by atoms with Crippen molar-refractivity contribution in [3.05, 3.63) is 16.1 Å². The first-order valence-corrected chi connectivity index (χ1v) is 14.8. The van der Waals surface area contributed by atoms with Crippen molar-refractivity contribution in [2.45, 2.75) is 91.3 Å². The van der Waals surface area contributed by atoms with E-state index in [9.17, 15) is 24.3 Å². The molecule has 0 aromatic carbocycles. The van der Waals surface area contributed by atoms with Gasteiger partial charge in [-0.15, -0.1) is 11.3 Å². The smallest absolute Gasteiger partial charge is 0.407 e. The largest absolute Gasteiger partial charge is 0.476 e. The monoisotopic (exact) mass is 566 g/mol. The van der Waals surface area contributed by atoms with E-state index in [4.69, 9.17) is 4.74 Å². The number of hydrogen-bond acceptors (Lipinski definition) is 8.